The molecule has 1 aromatic rings. The van der Waals surface area contributed by atoms with Crippen molar-refractivity contribution in [3.05, 3.63) is 35.4 Å². The molecule has 1 nitrogen and oxygen atoms in total. The van der Waals surface area contributed by atoms with E-state index in [9.17, 15) is 8.78 Å². The first-order chi connectivity index (χ1) is 8.19. The van der Waals surface area contributed by atoms with E-state index in [0.717, 1.165) is 18.9 Å². The Balaban J connectivity index is 2.64. The Morgan fingerprint density at radius 2 is 1.78 bits per heavy atom. The summed E-state index contributed by atoms with van der Waals surface area (Å²) in [6.45, 7) is 8.71. The molecule has 0 spiro atoms. The summed E-state index contributed by atoms with van der Waals surface area (Å²) >= 11 is 0. The van der Waals surface area contributed by atoms with Crippen molar-refractivity contribution in [2.45, 2.75) is 46.6 Å². The molecule has 0 saturated carbocycles. The summed E-state index contributed by atoms with van der Waals surface area (Å²) in [5.41, 5.74) is 6.96. The fourth-order valence-corrected chi connectivity index (χ4v) is 2.44. The molecule has 2 unspecified atom stereocenters. The topological polar surface area (TPSA) is 26.0 Å². The van der Waals surface area contributed by atoms with Gasteiger partial charge in [-0.3, -0.25) is 0 Å². The van der Waals surface area contributed by atoms with Gasteiger partial charge in [0.05, 0.1) is 0 Å². The largest absolute Gasteiger partial charge is 0.324 e. The van der Waals surface area contributed by atoms with Crippen LogP contribution in [0.2, 0.25) is 0 Å². The highest BCUT2D eigenvalue weighted by atomic mass is 19.2. The minimum Gasteiger partial charge on any atom is -0.324 e. The maximum Gasteiger partial charge on any atom is 0.159 e. The van der Waals surface area contributed by atoms with E-state index in [1.807, 2.05) is 0 Å². The summed E-state index contributed by atoms with van der Waals surface area (Å²) in [6, 6.07) is 3.66. The minimum atomic E-state index is -0.827. The number of benzene rings is 1. The molecule has 1 rings (SSSR count). The zero-order chi connectivity index (χ0) is 13.9. The Bertz CT molecular complexity index is 396. The van der Waals surface area contributed by atoms with Crippen molar-refractivity contribution in [3.63, 3.8) is 0 Å². The molecule has 0 fully saturated rings. The SMILES string of the molecule is CC(CC(N)c1ccc(F)c(F)c1)CC(C)(C)C. The molecule has 2 atom stereocenters. The van der Waals surface area contributed by atoms with Gasteiger partial charge in [-0.15, -0.1) is 0 Å². The second-order valence-electron chi connectivity index (χ2n) is 6.39. The van der Waals surface area contributed by atoms with E-state index in [2.05, 4.69) is 27.7 Å². The van der Waals surface area contributed by atoms with Gasteiger partial charge in [-0.25, -0.2) is 8.78 Å². The Morgan fingerprint density at radius 3 is 2.28 bits per heavy atom. The Hall–Kier alpha value is -0.960. The maximum absolute atomic E-state index is 13.1. The fraction of sp³-hybridized carbons (Fsp3) is 0.600. The van der Waals surface area contributed by atoms with Crippen LogP contribution >= 0.6 is 0 Å². The number of nitrogens with two attached hydrogens (primary N) is 1. The Kier molecular flexibility index (Phi) is 4.85. The summed E-state index contributed by atoms with van der Waals surface area (Å²) in [5.74, 6) is -1.20. The van der Waals surface area contributed by atoms with Gasteiger partial charge in [0.1, 0.15) is 0 Å². The monoisotopic (exact) mass is 255 g/mol. The fourth-order valence-electron chi connectivity index (χ4n) is 2.44. The van der Waals surface area contributed by atoms with Crippen LogP contribution in [0.4, 0.5) is 8.78 Å². The third-order valence-corrected chi connectivity index (χ3v) is 2.99. The van der Waals surface area contributed by atoms with Crippen LogP contribution in [-0.4, -0.2) is 0 Å². The van der Waals surface area contributed by atoms with E-state index in [-0.39, 0.29) is 11.5 Å². The first-order valence-corrected chi connectivity index (χ1v) is 6.39. The molecule has 0 saturated heterocycles. The van der Waals surface area contributed by atoms with Gasteiger partial charge in [0.2, 0.25) is 0 Å². The lowest BCUT2D eigenvalue weighted by Gasteiger charge is -2.25. The van der Waals surface area contributed by atoms with Crippen molar-refractivity contribution in [3.8, 4) is 0 Å². The molecule has 0 aliphatic rings. The van der Waals surface area contributed by atoms with Gasteiger partial charge in [0.25, 0.3) is 0 Å². The number of halogens is 2. The van der Waals surface area contributed by atoms with Gasteiger partial charge in [-0.1, -0.05) is 33.8 Å². The second kappa shape index (κ2) is 5.79. The normalized spacial score (nSPS) is 15.5. The lowest BCUT2D eigenvalue weighted by molar-refractivity contribution is 0.286. The maximum atomic E-state index is 13.1. The van der Waals surface area contributed by atoms with Crippen LogP contribution in [0, 0.1) is 23.0 Å². The van der Waals surface area contributed by atoms with E-state index < -0.39 is 11.6 Å². The average Bonchev–Trinajstić information content (AvgIpc) is 2.18. The molecule has 0 aliphatic carbocycles. The van der Waals surface area contributed by atoms with Gasteiger partial charge in [0.15, 0.2) is 11.6 Å². The molecule has 0 amide bonds. The summed E-state index contributed by atoms with van der Waals surface area (Å²) in [5, 5.41) is 0. The quantitative estimate of drug-likeness (QED) is 0.846. The first-order valence-electron chi connectivity index (χ1n) is 6.39. The number of rotatable bonds is 4. The number of hydrogen-bond donors (Lipinski definition) is 1. The summed E-state index contributed by atoms with van der Waals surface area (Å²) in [6.07, 6.45) is 1.84. The molecule has 102 valence electrons. The van der Waals surface area contributed by atoms with Gasteiger partial charge < -0.3 is 5.73 Å². The Labute approximate surface area is 108 Å². The van der Waals surface area contributed by atoms with Crippen LogP contribution in [0.3, 0.4) is 0 Å². The molecule has 0 radical (unpaired) electrons. The zero-order valence-corrected chi connectivity index (χ0v) is 11.6. The van der Waals surface area contributed by atoms with Crippen LogP contribution in [0.15, 0.2) is 18.2 Å². The van der Waals surface area contributed by atoms with Crippen molar-refractivity contribution in [2.75, 3.05) is 0 Å². The van der Waals surface area contributed by atoms with Gasteiger partial charge in [-0.05, 0) is 41.9 Å². The highest BCUT2D eigenvalue weighted by Gasteiger charge is 2.18. The summed E-state index contributed by atoms with van der Waals surface area (Å²) < 4.78 is 25.9. The van der Waals surface area contributed by atoms with Gasteiger partial charge in [0, 0.05) is 6.04 Å². The van der Waals surface area contributed by atoms with Crippen molar-refractivity contribution in [2.24, 2.45) is 17.1 Å². The van der Waals surface area contributed by atoms with Crippen LogP contribution in [0.1, 0.15) is 52.1 Å². The lowest BCUT2D eigenvalue weighted by Crippen LogP contribution is -2.18. The predicted molar refractivity (Wildman–Crippen MR) is 71.1 cm³/mol. The van der Waals surface area contributed by atoms with E-state index in [1.54, 1.807) is 6.07 Å². The zero-order valence-electron chi connectivity index (χ0n) is 11.6. The molecule has 2 N–H and O–H groups in total. The lowest BCUT2D eigenvalue weighted by atomic mass is 9.82. The summed E-state index contributed by atoms with van der Waals surface area (Å²) in [4.78, 5) is 0. The van der Waals surface area contributed by atoms with Crippen LogP contribution in [0.5, 0.6) is 0 Å². The third kappa shape index (κ3) is 4.73. The smallest absolute Gasteiger partial charge is 0.159 e. The third-order valence-electron chi connectivity index (χ3n) is 2.99. The van der Waals surface area contributed by atoms with Crippen LogP contribution in [-0.2, 0) is 0 Å². The molecule has 1 aromatic carbocycles. The first kappa shape index (κ1) is 15.1. The molecule has 0 heterocycles. The highest BCUT2D eigenvalue weighted by Crippen LogP contribution is 2.29. The summed E-state index contributed by atoms with van der Waals surface area (Å²) in [7, 11) is 0. The molecule has 0 bridgehead atoms. The van der Waals surface area contributed by atoms with Gasteiger partial charge >= 0.3 is 0 Å². The second-order valence-corrected chi connectivity index (χ2v) is 6.39. The molecular weight excluding hydrogens is 232 g/mol. The van der Waals surface area contributed by atoms with E-state index in [4.69, 9.17) is 5.73 Å². The van der Waals surface area contributed by atoms with Gasteiger partial charge in [-0.2, -0.15) is 0 Å². The molecule has 3 heteroatoms. The molecule has 18 heavy (non-hydrogen) atoms. The van der Waals surface area contributed by atoms with Crippen molar-refractivity contribution in [1.82, 2.24) is 0 Å². The number of hydrogen-bond acceptors (Lipinski definition) is 1. The predicted octanol–water partition coefficient (Wildman–Crippen LogP) is 4.43. The van der Waals surface area contributed by atoms with Crippen LogP contribution in [0.25, 0.3) is 0 Å². The van der Waals surface area contributed by atoms with Crippen LogP contribution < -0.4 is 5.73 Å². The van der Waals surface area contributed by atoms with Crippen molar-refractivity contribution < 1.29 is 8.78 Å². The highest BCUT2D eigenvalue weighted by molar-refractivity contribution is 5.21. The van der Waals surface area contributed by atoms with E-state index >= 15 is 0 Å². The molecule has 0 aliphatic heterocycles. The molecular formula is C15H23F2N. The van der Waals surface area contributed by atoms with E-state index in [0.29, 0.717) is 11.5 Å². The Morgan fingerprint density at radius 1 is 1.17 bits per heavy atom. The molecule has 0 aromatic heterocycles. The van der Waals surface area contributed by atoms with Crippen molar-refractivity contribution in [1.29, 1.82) is 0 Å². The standard InChI is InChI=1S/C15H23F2N/c1-10(9-15(2,3)4)7-14(18)11-5-6-12(16)13(17)8-11/h5-6,8,10,14H,7,9,18H2,1-4H3. The average molecular weight is 255 g/mol. The minimum absolute atomic E-state index is 0.238. The van der Waals surface area contributed by atoms with E-state index in [1.165, 1.54) is 6.07 Å². The van der Waals surface area contributed by atoms with Crippen molar-refractivity contribution >= 4 is 0 Å².